The molecule has 0 nitrogen and oxygen atoms in total. The quantitative estimate of drug-likeness (QED) is 0.528. The Balaban J connectivity index is 3.04. The van der Waals surface area contributed by atoms with E-state index < -0.39 is 17.5 Å². The van der Waals surface area contributed by atoms with Gasteiger partial charge < -0.3 is 0 Å². The fraction of sp³-hybridized carbons (Fsp3) is 0.333. The molecule has 0 saturated heterocycles. The van der Waals surface area contributed by atoms with Crippen LogP contribution in [0.1, 0.15) is 24.5 Å². The standard InChI is InChI=1S/C12H13F3/c1-7(2)4-5-9-6-10(13)8(3)11(14)12(9)15/h6H,1,4-5H2,2-3H3. The lowest BCUT2D eigenvalue weighted by molar-refractivity contribution is 0.476. The molecule has 0 aliphatic heterocycles. The molecule has 0 atom stereocenters. The summed E-state index contributed by atoms with van der Waals surface area (Å²) in [7, 11) is 0. The zero-order valence-corrected chi connectivity index (χ0v) is 8.83. The number of allylic oxidation sites excluding steroid dienone is 1. The Bertz CT molecular complexity index is 394. The van der Waals surface area contributed by atoms with E-state index >= 15 is 0 Å². The molecule has 0 aliphatic rings. The van der Waals surface area contributed by atoms with Gasteiger partial charge in [-0.3, -0.25) is 0 Å². The van der Waals surface area contributed by atoms with Gasteiger partial charge in [0.25, 0.3) is 0 Å². The topological polar surface area (TPSA) is 0 Å². The van der Waals surface area contributed by atoms with Gasteiger partial charge in [-0.2, -0.15) is 0 Å². The normalized spacial score (nSPS) is 10.5. The maximum Gasteiger partial charge on any atom is 0.164 e. The van der Waals surface area contributed by atoms with Gasteiger partial charge in [-0.05, 0) is 38.3 Å². The molecule has 0 aliphatic carbocycles. The van der Waals surface area contributed by atoms with Crippen molar-refractivity contribution in [2.45, 2.75) is 26.7 Å². The number of aryl methyl sites for hydroxylation is 1. The fourth-order valence-corrected chi connectivity index (χ4v) is 1.26. The highest BCUT2D eigenvalue weighted by molar-refractivity contribution is 5.27. The van der Waals surface area contributed by atoms with Crippen LogP contribution in [0.15, 0.2) is 18.2 Å². The molecule has 0 spiro atoms. The summed E-state index contributed by atoms with van der Waals surface area (Å²) >= 11 is 0. The molecule has 15 heavy (non-hydrogen) atoms. The molecule has 0 aromatic heterocycles. The average Bonchev–Trinajstić information content (AvgIpc) is 2.18. The van der Waals surface area contributed by atoms with Gasteiger partial charge in [0.15, 0.2) is 11.6 Å². The van der Waals surface area contributed by atoms with Gasteiger partial charge in [-0.15, -0.1) is 6.58 Å². The van der Waals surface area contributed by atoms with Crippen molar-refractivity contribution in [3.8, 4) is 0 Å². The van der Waals surface area contributed by atoms with Crippen LogP contribution in [0.4, 0.5) is 13.2 Å². The molecular weight excluding hydrogens is 201 g/mol. The van der Waals surface area contributed by atoms with Gasteiger partial charge in [0.2, 0.25) is 0 Å². The molecule has 0 radical (unpaired) electrons. The predicted molar refractivity (Wildman–Crippen MR) is 54.2 cm³/mol. The van der Waals surface area contributed by atoms with Crippen LogP contribution >= 0.6 is 0 Å². The van der Waals surface area contributed by atoms with E-state index in [4.69, 9.17) is 0 Å². The Labute approximate surface area is 87.4 Å². The molecule has 1 aromatic carbocycles. The molecule has 1 rings (SSSR count). The van der Waals surface area contributed by atoms with E-state index in [2.05, 4.69) is 6.58 Å². The number of benzene rings is 1. The van der Waals surface area contributed by atoms with E-state index in [1.807, 2.05) is 0 Å². The van der Waals surface area contributed by atoms with E-state index in [-0.39, 0.29) is 17.5 Å². The minimum absolute atomic E-state index is 0.0681. The fourth-order valence-electron chi connectivity index (χ4n) is 1.26. The lowest BCUT2D eigenvalue weighted by Gasteiger charge is -2.07. The summed E-state index contributed by atoms with van der Waals surface area (Å²) in [5.41, 5.74) is 0.654. The third-order valence-corrected chi connectivity index (χ3v) is 2.28. The lowest BCUT2D eigenvalue weighted by atomic mass is 10.0. The van der Waals surface area contributed by atoms with Gasteiger partial charge in [-0.25, -0.2) is 13.2 Å². The summed E-state index contributed by atoms with van der Waals surface area (Å²) in [4.78, 5) is 0. The van der Waals surface area contributed by atoms with Gasteiger partial charge >= 0.3 is 0 Å². The second-order valence-electron chi connectivity index (χ2n) is 3.73. The van der Waals surface area contributed by atoms with Gasteiger partial charge in [-0.1, -0.05) is 5.57 Å². The first kappa shape index (κ1) is 11.8. The molecule has 1 aromatic rings. The summed E-state index contributed by atoms with van der Waals surface area (Å²) < 4.78 is 39.6. The zero-order valence-electron chi connectivity index (χ0n) is 8.83. The minimum atomic E-state index is -1.09. The van der Waals surface area contributed by atoms with Crippen LogP contribution in [0.25, 0.3) is 0 Å². The van der Waals surface area contributed by atoms with Gasteiger partial charge in [0, 0.05) is 5.56 Å². The molecule has 0 heterocycles. The monoisotopic (exact) mass is 214 g/mol. The number of hydrogen-bond donors (Lipinski definition) is 0. The molecule has 0 saturated carbocycles. The first-order chi connectivity index (χ1) is 6.93. The van der Waals surface area contributed by atoms with Crippen LogP contribution in [0.2, 0.25) is 0 Å². The molecule has 0 amide bonds. The van der Waals surface area contributed by atoms with Gasteiger partial charge in [0.1, 0.15) is 5.82 Å². The zero-order chi connectivity index (χ0) is 11.6. The van der Waals surface area contributed by atoms with Crippen molar-refractivity contribution in [2.75, 3.05) is 0 Å². The maximum absolute atomic E-state index is 13.3. The Kier molecular flexibility index (Phi) is 3.56. The summed E-state index contributed by atoms with van der Waals surface area (Å²) in [6.45, 7) is 6.66. The van der Waals surface area contributed by atoms with Crippen molar-refractivity contribution in [1.82, 2.24) is 0 Å². The Morgan fingerprint density at radius 3 is 2.40 bits per heavy atom. The Hall–Kier alpha value is -1.25. The van der Waals surface area contributed by atoms with Crippen molar-refractivity contribution < 1.29 is 13.2 Å². The molecular formula is C12H13F3. The average molecular weight is 214 g/mol. The largest absolute Gasteiger partial charge is 0.207 e. The van der Waals surface area contributed by atoms with Crippen LogP contribution in [0, 0.1) is 24.4 Å². The smallest absolute Gasteiger partial charge is 0.164 e. The summed E-state index contributed by atoms with van der Waals surface area (Å²) in [6.07, 6.45) is 0.800. The molecule has 0 N–H and O–H groups in total. The van der Waals surface area contributed by atoms with Crippen LogP contribution < -0.4 is 0 Å². The highest BCUT2D eigenvalue weighted by atomic mass is 19.2. The van der Waals surface area contributed by atoms with Crippen LogP contribution in [-0.4, -0.2) is 0 Å². The van der Waals surface area contributed by atoms with Crippen LogP contribution in [0.5, 0.6) is 0 Å². The molecule has 0 unspecified atom stereocenters. The van der Waals surface area contributed by atoms with Crippen molar-refractivity contribution in [3.05, 3.63) is 46.8 Å². The highest BCUT2D eigenvalue weighted by Gasteiger charge is 2.15. The number of rotatable bonds is 3. The first-order valence-corrected chi connectivity index (χ1v) is 4.70. The number of hydrogen-bond acceptors (Lipinski definition) is 0. The third kappa shape index (κ3) is 2.61. The maximum atomic E-state index is 13.3. The summed E-state index contributed by atoms with van der Waals surface area (Å²) in [5.74, 6) is -2.74. The Morgan fingerprint density at radius 1 is 1.27 bits per heavy atom. The minimum Gasteiger partial charge on any atom is -0.207 e. The highest BCUT2D eigenvalue weighted by Crippen LogP contribution is 2.21. The van der Waals surface area contributed by atoms with E-state index in [1.54, 1.807) is 6.92 Å². The molecule has 0 bridgehead atoms. The van der Waals surface area contributed by atoms with E-state index in [0.717, 1.165) is 11.6 Å². The van der Waals surface area contributed by atoms with Crippen LogP contribution in [0.3, 0.4) is 0 Å². The van der Waals surface area contributed by atoms with E-state index in [0.29, 0.717) is 6.42 Å². The summed E-state index contributed by atoms with van der Waals surface area (Å²) in [5, 5.41) is 0. The third-order valence-electron chi connectivity index (χ3n) is 2.28. The van der Waals surface area contributed by atoms with Crippen LogP contribution in [-0.2, 0) is 6.42 Å². The van der Waals surface area contributed by atoms with E-state index in [1.165, 1.54) is 6.92 Å². The van der Waals surface area contributed by atoms with Crippen molar-refractivity contribution >= 4 is 0 Å². The van der Waals surface area contributed by atoms with E-state index in [9.17, 15) is 13.2 Å². The van der Waals surface area contributed by atoms with Gasteiger partial charge in [0.05, 0.1) is 0 Å². The summed E-state index contributed by atoms with van der Waals surface area (Å²) in [6, 6.07) is 1.05. The van der Waals surface area contributed by atoms with Crippen molar-refractivity contribution in [1.29, 1.82) is 0 Å². The predicted octanol–water partition coefficient (Wildman–Crippen LogP) is 3.92. The van der Waals surface area contributed by atoms with Crippen molar-refractivity contribution in [3.63, 3.8) is 0 Å². The molecule has 82 valence electrons. The molecule has 3 heteroatoms. The first-order valence-electron chi connectivity index (χ1n) is 4.70. The lowest BCUT2D eigenvalue weighted by Crippen LogP contribution is -2.00. The Morgan fingerprint density at radius 2 is 1.87 bits per heavy atom. The van der Waals surface area contributed by atoms with Crippen molar-refractivity contribution in [2.24, 2.45) is 0 Å². The molecule has 0 fully saturated rings. The number of halogens is 3. The SMILES string of the molecule is C=C(C)CCc1cc(F)c(C)c(F)c1F. The second kappa shape index (κ2) is 4.51. The second-order valence-corrected chi connectivity index (χ2v) is 3.73.